The number of aromatic nitrogens is 1. The van der Waals surface area contributed by atoms with Gasteiger partial charge in [-0.05, 0) is 12.1 Å². The molecular weight excluding hydrogens is 128 g/mol. The van der Waals surface area contributed by atoms with E-state index in [4.69, 9.17) is 4.74 Å². The van der Waals surface area contributed by atoms with E-state index in [9.17, 15) is 0 Å². The van der Waals surface area contributed by atoms with Gasteiger partial charge in [-0.2, -0.15) is 0 Å². The molecule has 0 fully saturated rings. The van der Waals surface area contributed by atoms with E-state index in [2.05, 4.69) is 10.3 Å². The van der Waals surface area contributed by atoms with Crippen LogP contribution in [0.15, 0.2) is 24.5 Å². The summed E-state index contributed by atoms with van der Waals surface area (Å²) in [4.78, 5) is 3.92. The molecule has 1 aromatic heterocycles. The molecular formula is C7H10N2O. The van der Waals surface area contributed by atoms with Crippen LogP contribution in [0, 0.1) is 0 Å². The van der Waals surface area contributed by atoms with Gasteiger partial charge >= 0.3 is 0 Å². The lowest BCUT2D eigenvalue weighted by Crippen LogP contribution is -2.02. The van der Waals surface area contributed by atoms with E-state index in [1.54, 1.807) is 19.5 Å². The fraction of sp³-hybridized carbons (Fsp3) is 0.286. The second kappa shape index (κ2) is 3.85. The fourth-order valence-corrected chi connectivity index (χ4v) is 0.623. The Balaban J connectivity index is 2.43. The zero-order valence-electron chi connectivity index (χ0n) is 5.87. The molecule has 0 saturated carbocycles. The molecule has 0 unspecified atom stereocenters. The van der Waals surface area contributed by atoms with Crippen molar-refractivity contribution < 1.29 is 4.74 Å². The third-order valence-corrected chi connectivity index (χ3v) is 1.08. The monoisotopic (exact) mass is 138 g/mol. The first-order valence-corrected chi connectivity index (χ1v) is 3.06. The fourth-order valence-electron chi connectivity index (χ4n) is 0.623. The van der Waals surface area contributed by atoms with E-state index >= 15 is 0 Å². The van der Waals surface area contributed by atoms with E-state index < -0.39 is 0 Å². The third kappa shape index (κ3) is 2.03. The maximum absolute atomic E-state index is 4.81. The Hall–Kier alpha value is -1.09. The number of hydrogen-bond donors (Lipinski definition) is 1. The Morgan fingerprint density at radius 3 is 3.20 bits per heavy atom. The lowest BCUT2D eigenvalue weighted by molar-refractivity contribution is 0.221. The highest BCUT2D eigenvalue weighted by molar-refractivity contribution is 5.38. The first kappa shape index (κ1) is 7.02. The van der Waals surface area contributed by atoms with Crippen molar-refractivity contribution in [1.82, 2.24) is 4.98 Å². The number of rotatable bonds is 3. The summed E-state index contributed by atoms with van der Waals surface area (Å²) in [6, 6.07) is 3.81. The second-order valence-corrected chi connectivity index (χ2v) is 1.85. The zero-order valence-corrected chi connectivity index (χ0v) is 5.87. The van der Waals surface area contributed by atoms with Crippen LogP contribution in [0.1, 0.15) is 0 Å². The van der Waals surface area contributed by atoms with Gasteiger partial charge in [0.25, 0.3) is 0 Å². The first-order valence-electron chi connectivity index (χ1n) is 3.06. The van der Waals surface area contributed by atoms with Crippen LogP contribution in [0.3, 0.4) is 0 Å². The van der Waals surface area contributed by atoms with Gasteiger partial charge in [0.1, 0.15) is 6.73 Å². The molecule has 1 aromatic rings. The normalized spacial score (nSPS) is 9.30. The van der Waals surface area contributed by atoms with E-state index in [0.29, 0.717) is 6.73 Å². The average molecular weight is 138 g/mol. The average Bonchev–Trinajstić information content (AvgIpc) is 2.03. The van der Waals surface area contributed by atoms with Crippen LogP contribution in [-0.2, 0) is 4.74 Å². The Kier molecular flexibility index (Phi) is 2.70. The number of nitrogens with one attached hydrogen (secondary N) is 1. The summed E-state index contributed by atoms with van der Waals surface area (Å²) in [6.45, 7) is 0.520. The van der Waals surface area contributed by atoms with Crippen LogP contribution in [0.25, 0.3) is 0 Å². The number of ether oxygens (including phenoxy) is 1. The summed E-state index contributed by atoms with van der Waals surface area (Å²) in [5.41, 5.74) is 0.976. The SMILES string of the molecule is COCNc1cccnc1. The third-order valence-electron chi connectivity index (χ3n) is 1.08. The quantitative estimate of drug-likeness (QED) is 0.635. The number of pyridine rings is 1. The molecule has 0 atom stereocenters. The summed E-state index contributed by atoms with van der Waals surface area (Å²) < 4.78 is 4.81. The van der Waals surface area contributed by atoms with Crippen molar-refractivity contribution in [3.05, 3.63) is 24.5 Å². The maximum Gasteiger partial charge on any atom is 0.116 e. The van der Waals surface area contributed by atoms with Crippen LogP contribution in [-0.4, -0.2) is 18.8 Å². The van der Waals surface area contributed by atoms with Crippen LogP contribution >= 0.6 is 0 Å². The summed E-state index contributed by atoms with van der Waals surface area (Å²) in [7, 11) is 1.64. The molecule has 0 bridgehead atoms. The van der Waals surface area contributed by atoms with Gasteiger partial charge in [0, 0.05) is 19.5 Å². The topological polar surface area (TPSA) is 34.1 Å². The first-order chi connectivity index (χ1) is 4.93. The van der Waals surface area contributed by atoms with Crippen LogP contribution in [0.2, 0.25) is 0 Å². The molecule has 0 saturated heterocycles. The number of nitrogens with zero attached hydrogens (tertiary/aromatic N) is 1. The molecule has 54 valence electrons. The summed E-state index contributed by atoms with van der Waals surface area (Å²) in [5, 5.41) is 3.01. The van der Waals surface area contributed by atoms with Gasteiger partial charge in [-0.1, -0.05) is 0 Å². The molecule has 1 rings (SSSR count). The van der Waals surface area contributed by atoms with Gasteiger partial charge in [-0.15, -0.1) is 0 Å². The lowest BCUT2D eigenvalue weighted by atomic mass is 10.4. The van der Waals surface area contributed by atoms with Crippen molar-refractivity contribution in [3.63, 3.8) is 0 Å². The van der Waals surface area contributed by atoms with Gasteiger partial charge in [0.05, 0.1) is 5.69 Å². The van der Waals surface area contributed by atoms with E-state index in [1.807, 2.05) is 12.1 Å². The Labute approximate surface area is 60.0 Å². The lowest BCUT2D eigenvalue weighted by Gasteiger charge is -2.01. The molecule has 1 heterocycles. The molecule has 0 aliphatic carbocycles. The molecule has 0 aliphatic heterocycles. The highest BCUT2D eigenvalue weighted by Gasteiger charge is 1.85. The van der Waals surface area contributed by atoms with Gasteiger partial charge in [-0.25, -0.2) is 0 Å². The van der Waals surface area contributed by atoms with Gasteiger partial charge in [-0.3, -0.25) is 4.98 Å². The molecule has 0 spiro atoms. The molecule has 1 N–H and O–H groups in total. The van der Waals surface area contributed by atoms with E-state index in [0.717, 1.165) is 5.69 Å². The largest absolute Gasteiger partial charge is 0.365 e. The Bertz CT molecular complexity index is 176. The summed E-state index contributed by atoms with van der Waals surface area (Å²) in [6.07, 6.45) is 3.48. The van der Waals surface area contributed by atoms with E-state index in [-0.39, 0.29) is 0 Å². The zero-order chi connectivity index (χ0) is 7.23. The van der Waals surface area contributed by atoms with Crippen LogP contribution < -0.4 is 5.32 Å². The maximum atomic E-state index is 4.81. The second-order valence-electron chi connectivity index (χ2n) is 1.85. The van der Waals surface area contributed by atoms with Crippen molar-refractivity contribution in [2.75, 3.05) is 19.2 Å². The van der Waals surface area contributed by atoms with Crippen molar-refractivity contribution in [2.24, 2.45) is 0 Å². The predicted molar refractivity (Wildman–Crippen MR) is 39.7 cm³/mol. The van der Waals surface area contributed by atoms with Gasteiger partial charge in [0.15, 0.2) is 0 Å². The summed E-state index contributed by atoms with van der Waals surface area (Å²) >= 11 is 0. The molecule has 3 nitrogen and oxygen atoms in total. The van der Waals surface area contributed by atoms with Crippen molar-refractivity contribution in [1.29, 1.82) is 0 Å². The molecule has 0 aromatic carbocycles. The minimum absolute atomic E-state index is 0.520. The van der Waals surface area contributed by atoms with Crippen LogP contribution in [0.4, 0.5) is 5.69 Å². The van der Waals surface area contributed by atoms with Crippen molar-refractivity contribution >= 4 is 5.69 Å². The van der Waals surface area contributed by atoms with Crippen molar-refractivity contribution in [3.8, 4) is 0 Å². The minimum atomic E-state index is 0.520. The molecule has 0 radical (unpaired) electrons. The number of hydrogen-bond acceptors (Lipinski definition) is 3. The van der Waals surface area contributed by atoms with E-state index in [1.165, 1.54) is 0 Å². The Morgan fingerprint density at radius 1 is 1.70 bits per heavy atom. The highest BCUT2D eigenvalue weighted by Crippen LogP contribution is 2.00. The smallest absolute Gasteiger partial charge is 0.116 e. The predicted octanol–water partition coefficient (Wildman–Crippen LogP) is 1.10. The Morgan fingerprint density at radius 2 is 2.60 bits per heavy atom. The van der Waals surface area contributed by atoms with Crippen molar-refractivity contribution in [2.45, 2.75) is 0 Å². The molecule has 0 amide bonds. The van der Waals surface area contributed by atoms with Gasteiger partial charge in [0.2, 0.25) is 0 Å². The van der Waals surface area contributed by atoms with Crippen LogP contribution in [0.5, 0.6) is 0 Å². The molecule has 0 aliphatic rings. The number of anilines is 1. The highest BCUT2D eigenvalue weighted by atomic mass is 16.5. The summed E-state index contributed by atoms with van der Waals surface area (Å²) in [5.74, 6) is 0. The number of methoxy groups -OCH3 is 1. The van der Waals surface area contributed by atoms with Gasteiger partial charge < -0.3 is 10.1 Å². The molecule has 10 heavy (non-hydrogen) atoms. The molecule has 3 heteroatoms. The minimum Gasteiger partial charge on any atom is -0.365 e. The standard InChI is InChI=1S/C7H10N2O/c1-10-6-9-7-3-2-4-8-5-7/h2-5,9H,6H2,1H3.